The highest BCUT2D eigenvalue weighted by atomic mass is 32.2. The zero-order valence-corrected chi connectivity index (χ0v) is 16.3. The van der Waals surface area contributed by atoms with Gasteiger partial charge >= 0.3 is 0 Å². The molecule has 0 radical (unpaired) electrons. The Morgan fingerprint density at radius 1 is 1.12 bits per heavy atom. The molecule has 6 nitrogen and oxygen atoms in total. The number of carbonyl (C=O) groups is 1. The molecule has 0 fully saturated rings. The summed E-state index contributed by atoms with van der Waals surface area (Å²) in [6.45, 7) is 1.95. The summed E-state index contributed by atoms with van der Waals surface area (Å²) in [7, 11) is -0.370. The molecule has 0 bridgehead atoms. The minimum Gasteiger partial charge on any atom is -0.496 e. The number of hydrogen-bond donors (Lipinski definition) is 0. The maximum Gasteiger partial charge on any atom is 0.243 e. The number of anilines is 1. The summed E-state index contributed by atoms with van der Waals surface area (Å²) >= 11 is 0. The number of aryl methyl sites for hydroxylation is 1. The second-order valence-corrected chi connectivity index (χ2v) is 8.08. The summed E-state index contributed by atoms with van der Waals surface area (Å²) in [4.78, 5) is 14.1. The van der Waals surface area contributed by atoms with Crippen LogP contribution in [0.4, 0.5) is 5.69 Å². The Morgan fingerprint density at radius 2 is 1.81 bits per heavy atom. The second kappa shape index (κ2) is 8.23. The Hall–Kier alpha value is -2.54. The van der Waals surface area contributed by atoms with Crippen LogP contribution in [0.5, 0.6) is 5.75 Å². The van der Waals surface area contributed by atoms with E-state index in [2.05, 4.69) is 0 Å². The van der Waals surface area contributed by atoms with E-state index in [1.54, 1.807) is 32.4 Å². The second-order valence-electron chi connectivity index (χ2n) is 6.17. The van der Waals surface area contributed by atoms with Gasteiger partial charge in [-0.1, -0.05) is 30.3 Å². The highest BCUT2D eigenvalue weighted by molar-refractivity contribution is 7.92. The van der Waals surface area contributed by atoms with Gasteiger partial charge in [0.15, 0.2) is 0 Å². The standard InChI is InChI=1S/C19H24N2O4S/c1-15-8-7-10-17(12-15)21(26(4,23)24)14-19(22)20(2)13-16-9-5-6-11-18(16)25-3/h5-12H,13-14H2,1-4H3. The molecule has 0 aromatic heterocycles. The van der Waals surface area contributed by atoms with E-state index < -0.39 is 10.0 Å². The first-order chi connectivity index (χ1) is 12.2. The third-order valence-electron chi connectivity index (χ3n) is 3.99. The SMILES string of the molecule is COc1ccccc1CN(C)C(=O)CN(c1cccc(C)c1)S(C)(=O)=O. The Balaban J connectivity index is 2.19. The van der Waals surface area contributed by atoms with E-state index in [0.717, 1.165) is 21.7 Å². The third kappa shape index (κ3) is 4.98. The van der Waals surface area contributed by atoms with Crippen LogP contribution >= 0.6 is 0 Å². The quantitative estimate of drug-likeness (QED) is 0.744. The fraction of sp³-hybridized carbons (Fsp3) is 0.316. The number of amides is 1. The smallest absolute Gasteiger partial charge is 0.243 e. The highest BCUT2D eigenvalue weighted by Gasteiger charge is 2.23. The van der Waals surface area contributed by atoms with Gasteiger partial charge in [-0.3, -0.25) is 9.10 Å². The molecular formula is C19H24N2O4S. The average Bonchev–Trinajstić information content (AvgIpc) is 2.58. The van der Waals surface area contributed by atoms with E-state index in [-0.39, 0.29) is 12.5 Å². The lowest BCUT2D eigenvalue weighted by molar-refractivity contribution is -0.128. The maximum absolute atomic E-state index is 12.6. The van der Waals surface area contributed by atoms with Gasteiger partial charge < -0.3 is 9.64 Å². The van der Waals surface area contributed by atoms with Gasteiger partial charge in [-0.15, -0.1) is 0 Å². The fourth-order valence-electron chi connectivity index (χ4n) is 2.60. The maximum atomic E-state index is 12.6. The number of nitrogens with zero attached hydrogens (tertiary/aromatic N) is 2. The molecule has 0 unspecified atom stereocenters. The lowest BCUT2D eigenvalue weighted by Crippen LogP contribution is -2.41. The monoisotopic (exact) mass is 376 g/mol. The molecule has 26 heavy (non-hydrogen) atoms. The van der Waals surface area contributed by atoms with Crippen LogP contribution < -0.4 is 9.04 Å². The van der Waals surface area contributed by atoms with Gasteiger partial charge in [0.2, 0.25) is 15.9 Å². The number of ether oxygens (including phenoxy) is 1. The number of benzene rings is 2. The Labute approximate surface area is 155 Å². The number of likely N-dealkylation sites (N-methyl/N-ethyl adjacent to an activating group) is 1. The van der Waals surface area contributed by atoms with Crippen LogP contribution in [0.3, 0.4) is 0 Å². The van der Waals surface area contributed by atoms with Crippen molar-refractivity contribution in [2.75, 3.05) is 31.3 Å². The highest BCUT2D eigenvalue weighted by Crippen LogP contribution is 2.21. The van der Waals surface area contributed by atoms with Crippen LogP contribution in [-0.2, 0) is 21.4 Å². The van der Waals surface area contributed by atoms with Crippen molar-refractivity contribution in [3.05, 3.63) is 59.7 Å². The normalized spacial score (nSPS) is 11.1. The molecule has 0 saturated heterocycles. The van der Waals surface area contributed by atoms with Crippen LogP contribution in [0.25, 0.3) is 0 Å². The summed E-state index contributed by atoms with van der Waals surface area (Å²) in [5, 5.41) is 0. The molecule has 0 atom stereocenters. The van der Waals surface area contributed by atoms with E-state index in [1.165, 1.54) is 4.90 Å². The van der Waals surface area contributed by atoms with Crippen molar-refractivity contribution in [1.29, 1.82) is 0 Å². The summed E-state index contributed by atoms with van der Waals surface area (Å²) in [6.07, 6.45) is 1.10. The molecule has 140 valence electrons. The number of carbonyl (C=O) groups excluding carboxylic acids is 1. The summed E-state index contributed by atoms with van der Waals surface area (Å²) in [5.74, 6) is 0.383. The lowest BCUT2D eigenvalue weighted by atomic mass is 10.2. The minimum absolute atomic E-state index is 0.256. The molecule has 0 heterocycles. The van der Waals surface area contributed by atoms with E-state index in [1.807, 2.05) is 37.3 Å². The third-order valence-corrected chi connectivity index (χ3v) is 5.14. The molecule has 0 aliphatic rings. The zero-order chi connectivity index (χ0) is 19.3. The van der Waals surface area contributed by atoms with Crippen molar-refractivity contribution in [3.63, 3.8) is 0 Å². The van der Waals surface area contributed by atoms with Crippen LogP contribution in [-0.4, -0.2) is 46.2 Å². The van der Waals surface area contributed by atoms with Crippen molar-refractivity contribution in [2.45, 2.75) is 13.5 Å². The molecule has 0 aliphatic heterocycles. The van der Waals surface area contributed by atoms with Crippen molar-refractivity contribution in [1.82, 2.24) is 4.90 Å². The predicted octanol–water partition coefficient (Wildman–Crippen LogP) is 2.43. The minimum atomic E-state index is -3.59. The largest absolute Gasteiger partial charge is 0.496 e. The number of hydrogen-bond acceptors (Lipinski definition) is 4. The van der Waals surface area contributed by atoms with Gasteiger partial charge in [-0.2, -0.15) is 0 Å². The van der Waals surface area contributed by atoms with Crippen LogP contribution in [0, 0.1) is 6.92 Å². The van der Waals surface area contributed by atoms with E-state index >= 15 is 0 Å². The summed E-state index contributed by atoms with van der Waals surface area (Å²) < 4.78 is 30.8. The molecule has 7 heteroatoms. The van der Waals surface area contributed by atoms with Gasteiger partial charge in [0.05, 0.1) is 19.1 Å². The Morgan fingerprint density at radius 3 is 2.42 bits per heavy atom. The average molecular weight is 376 g/mol. The number of para-hydroxylation sites is 1. The van der Waals surface area contributed by atoms with Gasteiger partial charge in [-0.05, 0) is 30.7 Å². The van der Waals surface area contributed by atoms with E-state index in [9.17, 15) is 13.2 Å². The van der Waals surface area contributed by atoms with Crippen molar-refractivity contribution < 1.29 is 17.9 Å². The Bertz CT molecular complexity index is 881. The fourth-order valence-corrected chi connectivity index (χ4v) is 3.45. The number of sulfonamides is 1. The van der Waals surface area contributed by atoms with Gasteiger partial charge in [0.1, 0.15) is 12.3 Å². The summed E-state index contributed by atoms with van der Waals surface area (Å²) in [6, 6.07) is 14.5. The topological polar surface area (TPSA) is 66.9 Å². The van der Waals surface area contributed by atoms with Crippen molar-refractivity contribution in [2.24, 2.45) is 0 Å². The van der Waals surface area contributed by atoms with Crippen LogP contribution in [0.15, 0.2) is 48.5 Å². The Kier molecular flexibility index (Phi) is 6.26. The molecule has 2 rings (SSSR count). The van der Waals surface area contributed by atoms with Gasteiger partial charge in [0, 0.05) is 19.2 Å². The first-order valence-electron chi connectivity index (χ1n) is 8.12. The molecular weight excluding hydrogens is 352 g/mol. The van der Waals surface area contributed by atoms with Crippen LogP contribution in [0.2, 0.25) is 0 Å². The number of rotatable bonds is 7. The molecule has 1 amide bonds. The molecule has 0 aliphatic carbocycles. The van der Waals surface area contributed by atoms with E-state index in [4.69, 9.17) is 4.74 Å². The first kappa shape index (κ1) is 19.8. The molecule has 2 aromatic rings. The van der Waals surface area contributed by atoms with Gasteiger partial charge in [-0.25, -0.2) is 8.42 Å². The van der Waals surface area contributed by atoms with Gasteiger partial charge in [0.25, 0.3) is 0 Å². The predicted molar refractivity (Wildman–Crippen MR) is 103 cm³/mol. The molecule has 2 aromatic carbocycles. The lowest BCUT2D eigenvalue weighted by Gasteiger charge is -2.25. The van der Waals surface area contributed by atoms with Crippen molar-refractivity contribution in [3.8, 4) is 5.75 Å². The molecule has 0 spiro atoms. The summed E-state index contributed by atoms with van der Waals surface area (Å²) in [5.41, 5.74) is 2.25. The number of methoxy groups -OCH3 is 1. The molecule has 0 N–H and O–H groups in total. The molecule has 0 saturated carbocycles. The first-order valence-corrected chi connectivity index (χ1v) is 9.97. The zero-order valence-electron chi connectivity index (χ0n) is 15.5. The van der Waals surface area contributed by atoms with Crippen LogP contribution in [0.1, 0.15) is 11.1 Å². The van der Waals surface area contributed by atoms with Crippen molar-refractivity contribution >= 4 is 21.6 Å². The van der Waals surface area contributed by atoms with E-state index in [0.29, 0.717) is 18.0 Å².